The van der Waals surface area contributed by atoms with E-state index in [-0.39, 0.29) is 11.8 Å². The summed E-state index contributed by atoms with van der Waals surface area (Å²) in [4.78, 5) is 28.6. The number of carbonyl (C=O) groups is 2. The van der Waals surface area contributed by atoms with Gasteiger partial charge in [0.2, 0.25) is 5.91 Å². The number of aromatic nitrogens is 1. The first kappa shape index (κ1) is 16.6. The average molecular weight is 378 g/mol. The number of benzene rings is 1. The standard InChI is InChI=1S/C16H12ClN3O2S2/c1-9(21)18-11-4-2-10(3-5-11)15(22)20-16-19-12(8-23-16)13-6-7-14(17)24-13/h2-8H,1H3,(H,18,21)(H,19,20,22). The van der Waals surface area contributed by atoms with Crippen molar-refractivity contribution in [1.29, 1.82) is 0 Å². The summed E-state index contributed by atoms with van der Waals surface area (Å²) < 4.78 is 0.697. The Balaban J connectivity index is 1.68. The summed E-state index contributed by atoms with van der Waals surface area (Å²) in [6.45, 7) is 1.43. The van der Waals surface area contributed by atoms with Crippen LogP contribution < -0.4 is 10.6 Å². The number of thiazole rings is 1. The lowest BCUT2D eigenvalue weighted by atomic mass is 10.2. The second-order valence-corrected chi connectivity index (χ2v) is 7.43. The van der Waals surface area contributed by atoms with E-state index in [1.165, 1.54) is 29.6 Å². The molecule has 3 aromatic rings. The number of halogens is 1. The highest BCUT2D eigenvalue weighted by atomic mass is 35.5. The zero-order valence-electron chi connectivity index (χ0n) is 12.5. The van der Waals surface area contributed by atoms with Crippen LogP contribution in [0, 0.1) is 0 Å². The van der Waals surface area contributed by atoms with E-state index in [0.29, 0.717) is 20.7 Å². The molecule has 0 fully saturated rings. The topological polar surface area (TPSA) is 71.1 Å². The number of rotatable bonds is 4. The maximum absolute atomic E-state index is 12.2. The minimum Gasteiger partial charge on any atom is -0.326 e. The first-order valence-corrected chi connectivity index (χ1v) is 8.99. The molecule has 3 rings (SSSR count). The number of anilines is 2. The Morgan fingerprint density at radius 2 is 1.83 bits per heavy atom. The maximum Gasteiger partial charge on any atom is 0.257 e. The number of hydrogen-bond acceptors (Lipinski definition) is 5. The molecule has 2 aromatic heterocycles. The van der Waals surface area contributed by atoms with Crippen molar-refractivity contribution in [3.05, 3.63) is 51.7 Å². The molecule has 0 bridgehead atoms. The lowest BCUT2D eigenvalue weighted by molar-refractivity contribution is -0.114. The molecule has 2 amide bonds. The van der Waals surface area contributed by atoms with Gasteiger partial charge in [0.15, 0.2) is 5.13 Å². The van der Waals surface area contributed by atoms with E-state index in [1.54, 1.807) is 24.3 Å². The summed E-state index contributed by atoms with van der Waals surface area (Å²) in [5.74, 6) is -0.411. The monoisotopic (exact) mass is 377 g/mol. The van der Waals surface area contributed by atoms with Crippen molar-refractivity contribution in [3.8, 4) is 10.6 Å². The highest BCUT2D eigenvalue weighted by Gasteiger charge is 2.11. The molecule has 0 saturated heterocycles. The number of hydrogen-bond donors (Lipinski definition) is 2. The molecule has 2 heterocycles. The number of nitrogens with one attached hydrogen (secondary N) is 2. The number of carbonyl (C=O) groups excluding carboxylic acids is 2. The SMILES string of the molecule is CC(=O)Nc1ccc(C(=O)Nc2nc(-c3ccc(Cl)s3)cs2)cc1. The van der Waals surface area contributed by atoms with Gasteiger partial charge in [0.1, 0.15) is 0 Å². The fraction of sp³-hybridized carbons (Fsp3) is 0.0625. The van der Waals surface area contributed by atoms with E-state index in [1.807, 2.05) is 17.5 Å². The third-order valence-corrected chi connectivity index (χ3v) is 5.03. The Morgan fingerprint density at radius 1 is 1.08 bits per heavy atom. The zero-order valence-corrected chi connectivity index (χ0v) is 14.9. The predicted molar refractivity (Wildman–Crippen MR) is 99.1 cm³/mol. The highest BCUT2D eigenvalue weighted by Crippen LogP contribution is 2.32. The van der Waals surface area contributed by atoms with Gasteiger partial charge in [0.25, 0.3) is 5.91 Å². The predicted octanol–water partition coefficient (Wildman–Crippen LogP) is 4.74. The summed E-state index contributed by atoms with van der Waals surface area (Å²) in [6.07, 6.45) is 0. The molecule has 0 unspecified atom stereocenters. The van der Waals surface area contributed by atoms with Gasteiger partial charge in [-0.2, -0.15) is 0 Å². The second kappa shape index (κ2) is 7.12. The van der Waals surface area contributed by atoms with E-state index in [2.05, 4.69) is 15.6 Å². The molecule has 0 saturated carbocycles. The molecule has 0 aliphatic carbocycles. The molecule has 1 aromatic carbocycles. The van der Waals surface area contributed by atoms with Crippen LogP contribution >= 0.6 is 34.3 Å². The number of amides is 2. The van der Waals surface area contributed by atoms with Gasteiger partial charge in [-0.15, -0.1) is 22.7 Å². The van der Waals surface area contributed by atoms with Crippen molar-refractivity contribution in [1.82, 2.24) is 4.98 Å². The van der Waals surface area contributed by atoms with Crippen molar-refractivity contribution >= 4 is 56.9 Å². The van der Waals surface area contributed by atoms with Crippen molar-refractivity contribution in [3.63, 3.8) is 0 Å². The average Bonchev–Trinajstić information content (AvgIpc) is 3.16. The van der Waals surface area contributed by atoms with Crippen LogP contribution in [0.15, 0.2) is 41.8 Å². The van der Waals surface area contributed by atoms with Gasteiger partial charge in [-0.25, -0.2) is 4.98 Å². The van der Waals surface area contributed by atoms with Crippen LogP contribution in [-0.4, -0.2) is 16.8 Å². The summed E-state index contributed by atoms with van der Waals surface area (Å²) in [5.41, 5.74) is 1.92. The first-order chi connectivity index (χ1) is 11.5. The molecule has 122 valence electrons. The van der Waals surface area contributed by atoms with Crippen LogP contribution in [0.2, 0.25) is 4.34 Å². The van der Waals surface area contributed by atoms with Crippen LogP contribution in [0.3, 0.4) is 0 Å². The highest BCUT2D eigenvalue weighted by molar-refractivity contribution is 7.20. The summed E-state index contributed by atoms with van der Waals surface area (Å²) in [5, 5.41) is 7.81. The molecule has 8 heteroatoms. The molecular weight excluding hydrogens is 366 g/mol. The van der Waals surface area contributed by atoms with Crippen LogP contribution in [0.25, 0.3) is 10.6 Å². The van der Waals surface area contributed by atoms with Crippen LogP contribution in [0.4, 0.5) is 10.8 Å². The molecule has 0 spiro atoms. The van der Waals surface area contributed by atoms with Gasteiger partial charge < -0.3 is 5.32 Å². The Morgan fingerprint density at radius 3 is 2.46 bits per heavy atom. The van der Waals surface area contributed by atoms with Gasteiger partial charge in [-0.3, -0.25) is 14.9 Å². The lowest BCUT2D eigenvalue weighted by Crippen LogP contribution is -2.12. The lowest BCUT2D eigenvalue weighted by Gasteiger charge is -2.04. The van der Waals surface area contributed by atoms with Gasteiger partial charge >= 0.3 is 0 Å². The van der Waals surface area contributed by atoms with E-state index in [0.717, 1.165) is 10.6 Å². The molecule has 5 nitrogen and oxygen atoms in total. The van der Waals surface area contributed by atoms with Crippen LogP contribution in [0.5, 0.6) is 0 Å². The van der Waals surface area contributed by atoms with Crippen LogP contribution in [-0.2, 0) is 4.79 Å². The zero-order chi connectivity index (χ0) is 17.1. The minimum absolute atomic E-state index is 0.156. The number of nitrogens with zero attached hydrogens (tertiary/aromatic N) is 1. The number of thiophene rings is 1. The smallest absolute Gasteiger partial charge is 0.257 e. The third-order valence-electron chi connectivity index (χ3n) is 3.02. The van der Waals surface area contributed by atoms with Gasteiger partial charge in [0.05, 0.1) is 14.9 Å². The molecule has 0 atom stereocenters. The summed E-state index contributed by atoms with van der Waals surface area (Å²) in [6, 6.07) is 10.4. The molecule has 2 N–H and O–H groups in total. The third kappa shape index (κ3) is 4.00. The van der Waals surface area contributed by atoms with E-state index in [4.69, 9.17) is 11.6 Å². The molecule has 0 radical (unpaired) electrons. The van der Waals surface area contributed by atoms with E-state index >= 15 is 0 Å². The Bertz CT molecular complexity index is 887. The van der Waals surface area contributed by atoms with Crippen molar-refractivity contribution < 1.29 is 9.59 Å². The maximum atomic E-state index is 12.2. The molecule has 24 heavy (non-hydrogen) atoms. The van der Waals surface area contributed by atoms with E-state index < -0.39 is 0 Å². The normalized spacial score (nSPS) is 10.4. The summed E-state index contributed by atoms with van der Waals surface area (Å²) in [7, 11) is 0. The van der Waals surface area contributed by atoms with Crippen LogP contribution in [0.1, 0.15) is 17.3 Å². The fourth-order valence-corrected chi connectivity index (χ4v) is 3.76. The van der Waals surface area contributed by atoms with Gasteiger partial charge in [0, 0.05) is 23.6 Å². The fourth-order valence-electron chi connectivity index (χ4n) is 1.97. The van der Waals surface area contributed by atoms with E-state index in [9.17, 15) is 9.59 Å². The summed E-state index contributed by atoms with van der Waals surface area (Å²) >= 11 is 8.71. The van der Waals surface area contributed by atoms with Gasteiger partial charge in [-0.1, -0.05) is 11.6 Å². The molecular formula is C16H12ClN3O2S2. The van der Waals surface area contributed by atoms with Gasteiger partial charge in [-0.05, 0) is 36.4 Å². The first-order valence-electron chi connectivity index (χ1n) is 6.91. The second-order valence-electron chi connectivity index (χ2n) is 4.85. The Hall–Kier alpha value is -2.22. The Kier molecular flexibility index (Phi) is 4.94. The molecule has 0 aliphatic heterocycles. The van der Waals surface area contributed by atoms with Crippen molar-refractivity contribution in [2.75, 3.05) is 10.6 Å². The molecule has 0 aliphatic rings. The quantitative estimate of drug-likeness (QED) is 0.690. The largest absolute Gasteiger partial charge is 0.326 e. The van der Waals surface area contributed by atoms with Crippen molar-refractivity contribution in [2.24, 2.45) is 0 Å². The Labute approximate surface area is 151 Å². The van der Waals surface area contributed by atoms with Crippen molar-refractivity contribution in [2.45, 2.75) is 6.92 Å². The minimum atomic E-state index is -0.255.